The van der Waals surface area contributed by atoms with Crippen molar-refractivity contribution in [1.82, 2.24) is 14.7 Å². The van der Waals surface area contributed by atoms with E-state index in [9.17, 15) is 4.79 Å². The molecule has 1 amide bonds. The van der Waals surface area contributed by atoms with Crippen molar-refractivity contribution in [1.29, 1.82) is 0 Å². The van der Waals surface area contributed by atoms with Crippen LogP contribution in [0, 0.1) is 0 Å². The Kier molecular flexibility index (Phi) is 3.61. The number of carbonyl (C=O) groups is 1. The first-order chi connectivity index (χ1) is 11.3. The summed E-state index contributed by atoms with van der Waals surface area (Å²) in [5, 5.41) is 4.26. The lowest BCUT2D eigenvalue weighted by Crippen LogP contribution is -2.40. The van der Waals surface area contributed by atoms with Gasteiger partial charge in [0.05, 0.1) is 18.2 Å². The molecule has 1 aromatic carbocycles. The molecule has 1 aromatic heterocycles. The van der Waals surface area contributed by atoms with Crippen LogP contribution in [0.4, 0.5) is 0 Å². The Morgan fingerprint density at radius 1 is 1.30 bits per heavy atom. The summed E-state index contributed by atoms with van der Waals surface area (Å²) in [5.74, 6) is 0.938. The molecule has 0 saturated carbocycles. The van der Waals surface area contributed by atoms with Gasteiger partial charge in [-0.1, -0.05) is 18.2 Å². The van der Waals surface area contributed by atoms with Gasteiger partial charge >= 0.3 is 0 Å². The fourth-order valence-corrected chi connectivity index (χ4v) is 3.34. The molecule has 3 heterocycles. The minimum Gasteiger partial charge on any atom is -0.488 e. The highest BCUT2D eigenvalue weighted by atomic mass is 16.5. The molecule has 23 heavy (non-hydrogen) atoms. The van der Waals surface area contributed by atoms with Gasteiger partial charge < -0.3 is 9.64 Å². The van der Waals surface area contributed by atoms with Crippen LogP contribution in [0.25, 0.3) is 6.08 Å². The summed E-state index contributed by atoms with van der Waals surface area (Å²) in [7, 11) is 0. The smallest absolute Gasteiger partial charge is 0.253 e. The van der Waals surface area contributed by atoms with Crippen LogP contribution in [0.2, 0.25) is 0 Å². The molecule has 1 fully saturated rings. The molecule has 4 rings (SSSR count). The molecule has 5 nitrogen and oxygen atoms in total. The van der Waals surface area contributed by atoms with E-state index < -0.39 is 0 Å². The average Bonchev–Trinajstić information content (AvgIpc) is 3.26. The first-order valence-corrected chi connectivity index (χ1v) is 8.02. The summed E-state index contributed by atoms with van der Waals surface area (Å²) >= 11 is 0. The van der Waals surface area contributed by atoms with Gasteiger partial charge in [-0.3, -0.25) is 9.48 Å². The number of aromatic nitrogens is 2. The number of fused-ring (bicyclic) bond motifs is 1. The van der Waals surface area contributed by atoms with E-state index in [0.29, 0.717) is 6.61 Å². The predicted molar refractivity (Wildman–Crippen MR) is 86.9 cm³/mol. The van der Waals surface area contributed by atoms with E-state index >= 15 is 0 Å². The first-order valence-electron chi connectivity index (χ1n) is 8.02. The number of rotatable bonds is 3. The Bertz CT molecular complexity index is 736. The quantitative estimate of drug-likeness (QED) is 0.874. The Morgan fingerprint density at radius 2 is 2.22 bits per heavy atom. The Hall–Kier alpha value is -2.56. The Balaban J connectivity index is 1.53. The Morgan fingerprint density at radius 3 is 3.09 bits per heavy atom. The maximum absolute atomic E-state index is 12.9. The maximum Gasteiger partial charge on any atom is 0.253 e. The Labute approximate surface area is 135 Å². The van der Waals surface area contributed by atoms with E-state index in [1.54, 1.807) is 6.20 Å². The monoisotopic (exact) mass is 309 g/mol. The molecular weight excluding hydrogens is 290 g/mol. The first kappa shape index (κ1) is 14.1. The normalized spacial score (nSPS) is 19.9. The molecule has 0 bridgehead atoms. The molecule has 2 aromatic rings. The number of carbonyl (C=O) groups excluding carboxylic acids is 1. The summed E-state index contributed by atoms with van der Waals surface area (Å²) in [6, 6.07) is 9.94. The third-order valence-corrected chi connectivity index (χ3v) is 4.50. The average molecular weight is 309 g/mol. The standard InChI is InChI=1S/C18H19N3O2/c22-18(15-11-14-5-1-2-7-17(14)23-13-15)21-10-3-6-16(21)12-20-9-4-8-19-20/h1-2,4-5,7-9,11,16H,3,6,10,12-13H2/t16-/m0/s1. The second kappa shape index (κ2) is 5.91. The minimum atomic E-state index is 0.0918. The van der Waals surface area contributed by atoms with Gasteiger partial charge in [0.1, 0.15) is 12.4 Å². The molecule has 2 aliphatic rings. The van der Waals surface area contributed by atoms with Gasteiger partial charge in [-0.05, 0) is 31.1 Å². The summed E-state index contributed by atoms with van der Waals surface area (Å²) in [6.45, 7) is 1.91. The minimum absolute atomic E-state index is 0.0918. The summed E-state index contributed by atoms with van der Waals surface area (Å²) in [4.78, 5) is 14.9. The predicted octanol–water partition coefficient (Wildman–Crippen LogP) is 2.35. The highest BCUT2D eigenvalue weighted by molar-refractivity contribution is 5.99. The third kappa shape index (κ3) is 2.74. The summed E-state index contributed by atoms with van der Waals surface area (Å²) in [5.41, 5.74) is 1.71. The lowest BCUT2D eigenvalue weighted by Gasteiger charge is -2.27. The zero-order chi connectivity index (χ0) is 15.6. The molecule has 2 aliphatic heterocycles. The molecule has 0 unspecified atom stereocenters. The van der Waals surface area contributed by atoms with E-state index in [2.05, 4.69) is 5.10 Å². The van der Waals surface area contributed by atoms with Gasteiger partial charge in [-0.25, -0.2) is 0 Å². The molecule has 0 spiro atoms. The lowest BCUT2D eigenvalue weighted by molar-refractivity contribution is -0.128. The molecular formula is C18H19N3O2. The number of nitrogens with zero attached hydrogens (tertiary/aromatic N) is 3. The topological polar surface area (TPSA) is 47.4 Å². The number of benzene rings is 1. The number of para-hydroxylation sites is 1. The van der Waals surface area contributed by atoms with Crippen molar-refractivity contribution in [3.05, 3.63) is 53.9 Å². The SMILES string of the molecule is O=C(C1=Cc2ccccc2OC1)N1CCC[C@H]1Cn1cccn1. The molecule has 0 aliphatic carbocycles. The van der Waals surface area contributed by atoms with Gasteiger partial charge in [-0.2, -0.15) is 5.10 Å². The van der Waals surface area contributed by atoms with Gasteiger partial charge in [0, 0.05) is 24.5 Å². The highest BCUT2D eigenvalue weighted by Gasteiger charge is 2.31. The molecule has 5 heteroatoms. The molecule has 118 valence electrons. The van der Waals surface area contributed by atoms with Crippen LogP contribution in [0.5, 0.6) is 5.75 Å². The van der Waals surface area contributed by atoms with Gasteiger partial charge in [0.25, 0.3) is 5.91 Å². The number of likely N-dealkylation sites (tertiary alicyclic amines) is 1. The molecule has 1 saturated heterocycles. The van der Waals surface area contributed by atoms with E-state index in [0.717, 1.165) is 42.8 Å². The van der Waals surface area contributed by atoms with Crippen LogP contribution in [0.1, 0.15) is 18.4 Å². The van der Waals surface area contributed by atoms with Gasteiger partial charge in [0.2, 0.25) is 0 Å². The van der Waals surface area contributed by atoms with Crippen LogP contribution < -0.4 is 4.74 Å². The largest absolute Gasteiger partial charge is 0.488 e. The fraction of sp³-hybridized carbons (Fsp3) is 0.333. The number of hydrogen-bond acceptors (Lipinski definition) is 3. The molecule has 1 atom stereocenters. The second-order valence-electron chi connectivity index (χ2n) is 6.02. The second-order valence-corrected chi connectivity index (χ2v) is 6.02. The van der Waals surface area contributed by atoms with E-state index in [1.807, 2.05) is 52.2 Å². The van der Waals surface area contributed by atoms with Crippen LogP contribution in [0.15, 0.2) is 48.3 Å². The third-order valence-electron chi connectivity index (χ3n) is 4.50. The maximum atomic E-state index is 12.9. The van der Waals surface area contributed by atoms with Crippen LogP contribution in [0.3, 0.4) is 0 Å². The van der Waals surface area contributed by atoms with Crippen molar-refractivity contribution in [2.24, 2.45) is 0 Å². The molecule has 0 radical (unpaired) electrons. The zero-order valence-electron chi connectivity index (χ0n) is 12.9. The van der Waals surface area contributed by atoms with Crippen molar-refractivity contribution in [3.63, 3.8) is 0 Å². The van der Waals surface area contributed by atoms with Crippen LogP contribution in [-0.2, 0) is 11.3 Å². The van der Waals surface area contributed by atoms with Crippen molar-refractivity contribution in [3.8, 4) is 5.75 Å². The molecule has 0 N–H and O–H groups in total. The zero-order valence-corrected chi connectivity index (χ0v) is 12.9. The highest BCUT2D eigenvalue weighted by Crippen LogP contribution is 2.28. The fourth-order valence-electron chi connectivity index (χ4n) is 3.34. The van der Waals surface area contributed by atoms with Crippen molar-refractivity contribution < 1.29 is 9.53 Å². The summed E-state index contributed by atoms with van der Waals surface area (Å²) < 4.78 is 7.62. The number of amides is 1. The van der Waals surface area contributed by atoms with E-state index in [-0.39, 0.29) is 11.9 Å². The van der Waals surface area contributed by atoms with Gasteiger partial charge in [0.15, 0.2) is 0 Å². The lowest BCUT2D eigenvalue weighted by atomic mass is 10.1. The van der Waals surface area contributed by atoms with Crippen molar-refractivity contribution in [2.75, 3.05) is 13.2 Å². The van der Waals surface area contributed by atoms with Crippen molar-refractivity contribution in [2.45, 2.75) is 25.4 Å². The van der Waals surface area contributed by atoms with E-state index in [1.165, 1.54) is 0 Å². The summed E-state index contributed by atoms with van der Waals surface area (Å²) in [6.07, 6.45) is 7.75. The number of ether oxygens (including phenoxy) is 1. The van der Waals surface area contributed by atoms with Gasteiger partial charge in [-0.15, -0.1) is 0 Å². The van der Waals surface area contributed by atoms with E-state index in [4.69, 9.17) is 4.74 Å². The van der Waals surface area contributed by atoms with Crippen LogP contribution in [-0.4, -0.2) is 39.8 Å². The van der Waals surface area contributed by atoms with Crippen molar-refractivity contribution >= 4 is 12.0 Å². The van der Waals surface area contributed by atoms with Crippen LogP contribution >= 0.6 is 0 Å². The number of hydrogen-bond donors (Lipinski definition) is 0.